The SMILES string of the molecule is CC(=O)c1c[nH]c(C(=O)N2CCN(CCOc3ccc(Cl)cc3)CC2)c1. The molecule has 0 radical (unpaired) electrons. The highest BCUT2D eigenvalue weighted by Crippen LogP contribution is 2.15. The summed E-state index contributed by atoms with van der Waals surface area (Å²) in [5.74, 6) is 0.691. The molecule has 3 rings (SSSR count). The number of rotatable bonds is 6. The summed E-state index contributed by atoms with van der Waals surface area (Å²) in [6.07, 6.45) is 1.58. The van der Waals surface area contributed by atoms with Gasteiger partial charge in [0, 0.05) is 49.5 Å². The topological polar surface area (TPSA) is 65.6 Å². The van der Waals surface area contributed by atoms with Crippen molar-refractivity contribution in [2.75, 3.05) is 39.3 Å². The number of piperazine rings is 1. The number of benzene rings is 1. The number of aromatic nitrogens is 1. The molecule has 1 amide bonds. The Morgan fingerprint density at radius 1 is 1.15 bits per heavy atom. The molecule has 2 aromatic rings. The number of aromatic amines is 1. The van der Waals surface area contributed by atoms with Gasteiger partial charge in [-0.1, -0.05) is 11.6 Å². The first-order chi connectivity index (χ1) is 12.5. The zero-order valence-corrected chi connectivity index (χ0v) is 15.5. The van der Waals surface area contributed by atoms with Gasteiger partial charge in [0.05, 0.1) is 0 Å². The Kier molecular flexibility index (Phi) is 5.96. The van der Waals surface area contributed by atoms with Crippen LogP contribution in [0.1, 0.15) is 27.8 Å². The molecule has 1 saturated heterocycles. The molecule has 0 aliphatic carbocycles. The molecule has 1 aliphatic rings. The zero-order chi connectivity index (χ0) is 18.5. The Bertz CT molecular complexity index is 765. The summed E-state index contributed by atoms with van der Waals surface area (Å²) >= 11 is 5.85. The van der Waals surface area contributed by atoms with Crippen LogP contribution in [0.2, 0.25) is 5.02 Å². The molecule has 0 atom stereocenters. The molecule has 0 spiro atoms. The van der Waals surface area contributed by atoms with Gasteiger partial charge in [0.25, 0.3) is 5.91 Å². The number of halogens is 1. The molecule has 1 N–H and O–H groups in total. The van der Waals surface area contributed by atoms with Crippen LogP contribution in [0, 0.1) is 0 Å². The quantitative estimate of drug-likeness (QED) is 0.788. The number of nitrogens with one attached hydrogen (secondary N) is 1. The zero-order valence-electron chi connectivity index (χ0n) is 14.7. The summed E-state index contributed by atoms with van der Waals surface area (Å²) in [6.45, 7) is 5.81. The molecule has 1 aliphatic heterocycles. The molecular formula is C19H22ClN3O3. The summed E-state index contributed by atoms with van der Waals surface area (Å²) in [5.41, 5.74) is 1.00. The van der Waals surface area contributed by atoms with Crippen molar-refractivity contribution in [1.29, 1.82) is 0 Å². The van der Waals surface area contributed by atoms with E-state index < -0.39 is 0 Å². The van der Waals surface area contributed by atoms with Crippen LogP contribution in [0.25, 0.3) is 0 Å². The molecule has 0 saturated carbocycles. The largest absolute Gasteiger partial charge is 0.492 e. The molecule has 0 unspecified atom stereocenters. The summed E-state index contributed by atoms with van der Waals surface area (Å²) in [7, 11) is 0. The standard InChI is InChI=1S/C19H22ClN3O3/c1-14(24)15-12-18(21-13-15)19(25)23-8-6-22(7-9-23)10-11-26-17-4-2-16(20)3-5-17/h2-5,12-13,21H,6-11H2,1H3. The lowest BCUT2D eigenvalue weighted by molar-refractivity contribution is 0.0615. The number of hydrogen-bond donors (Lipinski definition) is 1. The Labute approximate surface area is 157 Å². The lowest BCUT2D eigenvalue weighted by Gasteiger charge is -2.34. The summed E-state index contributed by atoms with van der Waals surface area (Å²) in [5, 5.41) is 0.690. The second-order valence-electron chi connectivity index (χ2n) is 6.29. The number of hydrogen-bond acceptors (Lipinski definition) is 4. The molecule has 6 nitrogen and oxygen atoms in total. The second-order valence-corrected chi connectivity index (χ2v) is 6.73. The van der Waals surface area contributed by atoms with Gasteiger partial charge in [-0.15, -0.1) is 0 Å². The van der Waals surface area contributed by atoms with Crippen LogP contribution in [0.15, 0.2) is 36.5 Å². The van der Waals surface area contributed by atoms with Crippen LogP contribution in [-0.4, -0.2) is 65.8 Å². The van der Waals surface area contributed by atoms with Crippen molar-refractivity contribution in [3.63, 3.8) is 0 Å². The first-order valence-corrected chi connectivity index (χ1v) is 9.00. The molecule has 1 aromatic carbocycles. The first kappa shape index (κ1) is 18.5. The van der Waals surface area contributed by atoms with Gasteiger partial charge in [-0.25, -0.2) is 0 Å². The summed E-state index contributed by atoms with van der Waals surface area (Å²) in [6, 6.07) is 8.94. The van der Waals surface area contributed by atoms with Gasteiger partial charge in [0.1, 0.15) is 18.1 Å². The van der Waals surface area contributed by atoms with Gasteiger partial charge in [-0.2, -0.15) is 0 Å². The minimum atomic E-state index is -0.0606. The Balaban J connectivity index is 1.42. The maximum atomic E-state index is 12.5. The van der Waals surface area contributed by atoms with Gasteiger partial charge < -0.3 is 14.6 Å². The Hall–Kier alpha value is -2.31. The predicted octanol–water partition coefficient (Wildman–Crippen LogP) is 2.71. The van der Waals surface area contributed by atoms with E-state index in [-0.39, 0.29) is 11.7 Å². The van der Waals surface area contributed by atoms with E-state index in [2.05, 4.69) is 9.88 Å². The van der Waals surface area contributed by atoms with E-state index in [0.717, 1.165) is 25.4 Å². The van der Waals surface area contributed by atoms with E-state index >= 15 is 0 Å². The van der Waals surface area contributed by atoms with Gasteiger partial charge in [0.2, 0.25) is 0 Å². The van der Waals surface area contributed by atoms with Crippen LogP contribution in [0.5, 0.6) is 5.75 Å². The number of Topliss-reactive ketones (excluding diaryl/α,β-unsaturated/α-hetero) is 1. The van der Waals surface area contributed by atoms with Crippen molar-refractivity contribution in [3.05, 3.63) is 52.8 Å². The summed E-state index contributed by atoms with van der Waals surface area (Å²) in [4.78, 5) is 30.8. The van der Waals surface area contributed by atoms with E-state index in [4.69, 9.17) is 16.3 Å². The van der Waals surface area contributed by atoms with Crippen LogP contribution < -0.4 is 4.74 Å². The van der Waals surface area contributed by atoms with Crippen molar-refractivity contribution < 1.29 is 14.3 Å². The fourth-order valence-corrected chi connectivity index (χ4v) is 3.02. The lowest BCUT2D eigenvalue weighted by atomic mass is 10.2. The minimum Gasteiger partial charge on any atom is -0.492 e. The Morgan fingerprint density at radius 3 is 2.46 bits per heavy atom. The van der Waals surface area contributed by atoms with Crippen LogP contribution in [0.3, 0.4) is 0 Å². The number of amides is 1. The number of ketones is 1. The van der Waals surface area contributed by atoms with E-state index in [1.54, 1.807) is 24.4 Å². The molecule has 7 heteroatoms. The summed E-state index contributed by atoms with van der Waals surface area (Å²) < 4.78 is 5.71. The third kappa shape index (κ3) is 4.65. The molecule has 138 valence electrons. The molecule has 26 heavy (non-hydrogen) atoms. The van der Waals surface area contributed by atoms with Crippen molar-refractivity contribution in [1.82, 2.24) is 14.8 Å². The normalized spacial score (nSPS) is 15.1. The van der Waals surface area contributed by atoms with Crippen molar-refractivity contribution in [2.45, 2.75) is 6.92 Å². The lowest BCUT2D eigenvalue weighted by Crippen LogP contribution is -2.49. The predicted molar refractivity (Wildman–Crippen MR) is 100 cm³/mol. The highest BCUT2D eigenvalue weighted by atomic mass is 35.5. The third-order valence-electron chi connectivity index (χ3n) is 4.47. The van der Waals surface area contributed by atoms with E-state index in [1.807, 2.05) is 17.0 Å². The average molecular weight is 376 g/mol. The molecular weight excluding hydrogens is 354 g/mol. The third-order valence-corrected chi connectivity index (χ3v) is 4.72. The van der Waals surface area contributed by atoms with E-state index in [9.17, 15) is 9.59 Å². The highest BCUT2D eigenvalue weighted by Gasteiger charge is 2.23. The number of carbonyl (C=O) groups is 2. The maximum Gasteiger partial charge on any atom is 0.270 e. The number of nitrogens with zero attached hydrogens (tertiary/aromatic N) is 2. The number of H-pyrrole nitrogens is 1. The van der Waals surface area contributed by atoms with Gasteiger partial charge >= 0.3 is 0 Å². The average Bonchev–Trinajstić information content (AvgIpc) is 3.14. The van der Waals surface area contributed by atoms with Gasteiger partial charge in [0.15, 0.2) is 5.78 Å². The first-order valence-electron chi connectivity index (χ1n) is 8.62. The fourth-order valence-electron chi connectivity index (χ4n) is 2.89. The van der Waals surface area contributed by atoms with Crippen LogP contribution in [-0.2, 0) is 0 Å². The molecule has 1 fully saturated rings. The number of carbonyl (C=O) groups excluding carboxylic acids is 2. The molecule has 2 heterocycles. The minimum absolute atomic E-state index is 0.0502. The van der Waals surface area contributed by atoms with E-state index in [0.29, 0.717) is 36.0 Å². The van der Waals surface area contributed by atoms with Crippen molar-refractivity contribution in [2.24, 2.45) is 0 Å². The highest BCUT2D eigenvalue weighted by molar-refractivity contribution is 6.30. The van der Waals surface area contributed by atoms with Crippen molar-refractivity contribution >= 4 is 23.3 Å². The van der Waals surface area contributed by atoms with Crippen LogP contribution >= 0.6 is 11.6 Å². The smallest absolute Gasteiger partial charge is 0.270 e. The van der Waals surface area contributed by atoms with Gasteiger partial charge in [-0.3, -0.25) is 14.5 Å². The number of ether oxygens (including phenoxy) is 1. The Morgan fingerprint density at radius 2 is 1.85 bits per heavy atom. The fraction of sp³-hybridized carbons (Fsp3) is 0.368. The second kappa shape index (κ2) is 8.38. The maximum absolute atomic E-state index is 12.5. The van der Waals surface area contributed by atoms with E-state index in [1.165, 1.54) is 6.92 Å². The monoisotopic (exact) mass is 375 g/mol. The molecule has 1 aromatic heterocycles. The van der Waals surface area contributed by atoms with Crippen molar-refractivity contribution in [3.8, 4) is 5.75 Å². The molecule has 0 bridgehead atoms. The van der Waals surface area contributed by atoms with Crippen LogP contribution in [0.4, 0.5) is 0 Å². The van der Waals surface area contributed by atoms with Gasteiger partial charge in [-0.05, 0) is 37.3 Å².